The Kier molecular flexibility index (Phi) is 5.48. The zero-order valence-corrected chi connectivity index (χ0v) is 16.5. The highest BCUT2D eigenvalue weighted by Gasteiger charge is 2.23. The van der Waals surface area contributed by atoms with Crippen LogP contribution in [0.1, 0.15) is 30.6 Å². The Morgan fingerprint density at radius 2 is 2.11 bits per heavy atom. The maximum absolute atomic E-state index is 12.5. The van der Waals surface area contributed by atoms with Crippen molar-refractivity contribution in [3.8, 4) is 22.8 Å². The van der Waals surface area contributed by atoms with Crippen molar-refractivity contribution in [2.75, 3.05) is 33.0 Å². The fourth-order valence-corrected chi connectivity index (χ4v) is 3.86. The number of nitrogens with zero attached hydrogens (tertiary/aromatic N) is 2. The molecule has 148 valence electrons. The lowest BCUT2D eigenvalue weighted by atomic mass is 10.1. The van der Waals surface area contributed by atoms with Gasteiger partial charge in [0, 0.05) is 31.4 Å². The molecule has 1 aromatic heterocycles. The highest BCUT2D eigenvalue weighted by Crippen LogP contribution is 2.35. The quantitative estimate of drug-likeness (QED) is 0.833. The molecule has 0 aliphatic carbocycles. The largest absolute Gasteiger partial charge is 0.454 e. The fraction of sp³-hybridized carbons (Fsp3) is 0.455. The number of hydrogen-bond acceptors (Lipinski definition) is 5. The second-order valence-electron chi connectivity index (χ2n) is 8.02. The topological polar surface area (TPSA) is 63.7 Å². The lowest BCUT2D eigenvalue weighted by molar-refractivity contribution is 0.0947. The van der Waals surface area contributed by atoms with E-state index < -0.39 is 0 Å². The third-order valence-electron chi connectivity index (χ3n) is 5.24. The highest BCUT2D eigenvalue weighted by atomic mass is 16.7. The molecule has 4 rings (SSSR count). The summed E-state index contributed by atoms with van der Waals surface area (Å²) in [5, 5.41) is 3.07. The van der Waals surface area contributed by atoms with Crippen LogP contribution in [0.4, 0.5) is 0 Å². The summed E-state index contributed by atoms with van der Waals surface area (Å²) in [6.45, 7) is 8.80. The van der Waals surface area contributed by atoms with Crippen LogP contribution in [0.2, 0.25) is 0 Å². The van der Waals surface area contributed by atoms with Crippen molar-refractivity contribution in [1.82, 2.24) is 15.2 Å². The van der Waals surface area contributed by atoms with E-state index in [1.807, 2.05) is 30.3 Å². The van der Waals surface area contributed by atoms with E-state index in [-0.39, 0.29) is 12.7 Å². The SMILES string of the molecule is CC(C)CN1CC[C@H](CNC(=O)c2ccc(-c3ccc4c(c3)OCO4)nc2)C1. The van der Waals surface area contributed by atoms with Crippen LogP contribution in [0.25, 0.3) is 11.3 Å². The van der Waals surface area contributed by atoms with Crippen molar-refractivity contribution in [1.29, 1.82) is 0 Å². The number of carbonyl (C=O) groups is 1. The first-order valence-electron chi connectivity index (χ1n) is 9.95. The van der Waals surface area contributed by atoms with E-state index in [4.69, 9.17) is 9.47 Å². The lowest BCUT2D eigenvalue weighted by Gasteiger charge is -2.18. The maximum Gasteiger partial charge on any atom is 0.252 e. The van der Waals surface area contributed by atoms with Gasteiger partial charge in [0.1, 0.15) is 0 Å². The van der Waals surface area contributed by atoms with Crippen LogP contribution >= 0.6 is 0 Å². The molecule has 2 aromatic rings. The minimum absolute atomic E-state index is 0.0629. The Morgan fingerprint density at radius 1 is 1.25 bits per heavy atom. The van der Waals surface area contributed by atoms with Gasteiger partial charge in [-0.25, -0.2) is 0 Å². The minimum Gasteiger partial charge on any atom is -0.454 e. The molecule has 0 unspecified atom stereocenters. The summed E-state index contributed by atoms with van der Waals surface area (Å²) < 4.78 is 10.7. The zero-order chi connectivity index (χ0) is 19.5. The van der Waals surface area contributed by atoms with Gasteiger partial charge in [-0.3, -0.25) is 9.78 Å². The Bertz CT molecular complexity index is 835. The molecular weight excluding hydrogens is 354 g/mol. The average Bonchev–Trinajstić information content (AvgIpc) is 3.34. The molecule has 0 saturated carbocycles. The highest BCUT2D eigenvalue weighted by molar-refractivity contribution is 5.94. The Hall–Kier alpha value is -2.60. The van der Waals surface area contributed by atoms with Crippen LogP contribution < -0.4 is 14.8 Å². The van der Waals surface area contributed by atoms with E-state index in [2.05, 4.69) is 29.0 Å². The number of carbonyl (C=O) groups excluding carboxylic acids is 1. The van der Waals surface area contributed by atoms with Crippen LogP contribution in [0, 0.1) is 11.8 Å². The van der Waals surface area contributed by atoms with Gasteiger partial charge in [0.15, 0.2) is 11.5 Å². The summed E-state index contributed by atoms with van der Waals surface area (Å²) in [6, 6.07) is 9.42. The predicted molar refractivity (Wildman–Crippen MR) is 108 cm³/mol. The van der Waals surface area contributed by atoms with Crippen LogP contribution in [-0.4, -0.2) is 48.8 Å². The molecule has 2 aliphatic heterocycles. The Morgan fingerprint density at radius 3 is 2.89 bits per heavy atom. The standard InChI is InChI=1S/C22H27N3O3/c1-15(2)12-25-8-7-16(13-25)10-24-22(26)18-3-5-19(23-11-18)17-4-6-20-21(9-17)28-14-27-20/h3-6,9,11,15-16H,7-8,10,12-14H2,1-2H3,(H,24,26)/t16-/m1/s1. The second kappa shape index (κ2) is 8.19. The van der Waals surface area contributed by atoms with E-state index in [1.54, 1.807) is 6.20 Å². The summed E-state index contributed by atoms with van der Waals surface area (Å²) in [5.74, 6) is 2.63. The van der Waals surface area contributed by atoms with Crippen molar-refractivity contribution in [2.45, 2.75) is 20.3 Å². The zero-order valence-electron chi connectivity index (χ0n) is 16.5. The third-order valence-corrected chi connectivity index (χ3v) is 5.24. The molecule has 1 amide bonds. The number of amides is 1. The number of rotatable bonds is 6. The van der Waals surface area contributed by atoms with E-state index in [9.17, 15) is 4.79 Å². The van der Waals surface area contributed by atoms with Crippen molar-refractivity contribution >= 4 is 5.91 Å². The number of aromatic nitrogens is 1. The summed E-state index contributed by atoms with van der Waals surface area (Å²) in [6.07, 6.45) is 2.78. The average molecular weight is 381 g/mol. The molecule has 2 aliphatic rings. The molecule has 0 bridgehead atoms. The van der Waals surface area contributed by atoms with Gasteiger partial charge in [-0.05, 0) is 55.1 Å². The summed E-state index contributed by atoms with van der Waals surface area (Å²) in [4.78, 5) is 19.4. The molecule has 0 spiro atoms. The van der Waals surface area contributed by atoms with Gasteiger partial charge >= 0.3 is 0 Å². The van der Waals surface area contributed by atoms with Gasteiger partial charge in [0.2, 0.25) is 6.79 Å². The molecule has 0 radical (unpaired) electrons. The van der Waals surface area contributed by atoms with Crippen LogP contribution in [0.3, 0.4) is 0 Å². The summed E-state index contributed by atoms with van der Waals surface area (Å²) >= 11 is 0. The van der Waals surface area contributed by atoms with Gasteiger partial charge in [-0.1, -0.05) is 13.8 Å². The lowest BCUT2D eigenvalue weighted by Crippen LogP contribution is -2.31. The van der Waals surface area contributed by atoms with Gasteiger partial charge in [-0.2, -0.15) is 0 Å². The minimum atomic E-state index is -0.0629. The van der Waals surface area contributed by atoms with Gasteiger partial charge in [0.25, 0.3) is 5.91 Å². The Labute approximate surface area is 165 Å². The van der Waals surface area contributed by atoms with Crippen LogP contribution in [0.5, 0.6) is 11.5 Å². The number of ether oxygens (including phenoxy) is 2. The van der Waals surface area contributed by atoms with Crippen molar-refractivity contribution in [2.24, 2.45) is 11.8 Å². The molecule has 3 heterocycles. The van der Waals surface area contributed by atoms with E-state index in [0.717, 1.165) is 55.4 Å². The molecule has 1 atom stereocenters. The molecule has 6 heteroatoms. The van der Waals surface area contributed by atoms with Crippen LogP contribution in [-0.2, 0) is 0 Å². The smallest absolute Gasteiger partial charge is 0.252 e. The summed E-state index contributed by atoms with van der Waals surface area (Å²) in [7, 11) is 0. The van der Waals surface area contributed by atoms with Gasteiger partial charge in [-0.15, -0.1) is 0 Å². The maximum atomic E-state index is 12.5. The predicted octanol–water partition coefficient (Wildman–Crippen LogP) is 3.19. The van der Waals surface area contributed by atoms with Gasteiger partial charge in [0.05, 0.1) is 11.3 Å². The number of fused-ring (bicyclic) bond motifs is 1. The van der Waals surface area contributed by atoms with Crippen molar-refractivity contribution in [3.05, 3.63) is 42.1 Å². The van der Waals surface area contributed by atoms with Crippen molar-refractivity contribution in [3.63, 3.8) is 0 Å². The molecule has 1 aromatic carbocycles. The molecule has 1 saturated heterocycles. The number of likely N-dealkylation sites (tertiary alicyclic amines) is 1. The number of nitrogens with one attached hydrogen (secondary N) is 1. The first-order chi connectivity index (χ1) is 13.6. The normalized spacial score (nSPS) is 18.6. The first kappa shape index (κ1) is 18.7. The second-order valence-corrected chi connectivity index (χ2v) is 8.02. The number of benzene rings is 1. The molecular formula is C22H27N3O3. The molecule has 1 fully saturated rings. The molecule has 28 heavy (non-hydrogen) atoms. The van der Waals surface area contributed by atoms with E-state index >= 15 is 0 Å². The van der Waals surface area contributed by atoms with Gasteiger partial charge < -0.3 is 19.7 Å². The third kappa shape index (κ3) is 4.28. The summed E-state index contributed by atoms with van der Waals surface area (Å²) in [5.41, 5.74) is 2.32. The number of pyridine rings is 1. The fourth-order valence-electron chi connectivity index (χ4n) is 3.86. The van der Waals surface area contributed by atoms with E-state index in [0.29, 0.717) is 17.4 Å². The van der Waals surface area contributed by atoms with Crippen molar-refractivity contribution < 1.29 is 14.3 Å². The monoisotopic (exact) mass is 381 g/mol. The van der Waals surface area contributed by atoms with Crippen LogP contribution in [0.15, 0.2) is 36.5 Å². The first-order valence-corrected chi connectivity index (χ1v) is 9.95. The Balaban J connectivity index is 1.32. The molecule has 1 N–H and O–H groups in total. The molecule has 6 nitrogen and oxygen atoms in total. The number of hydrogen-bond donors (Lipinski definition) is 1. The van der Waals surface area contributed by atoms with E-state index in [1.165, 1.54) is 0 Å².